The molecule has 0 unspecified atom stereocenters. The molecule has 0 spiro atoms. The third-order valence-electron chi connectivity index (χ3n) is 2.80. The number of nitrogens with one attached hydrogen (secondary N) is 2. The van der Waals surface area contributed by atoms with Crippen LogP contribution in [0.15, 0.2) is 27.8 Å². The predicted molar refractivity (Wildman–Crippen MR) is 68.1 cm³/mol. The number of hydrogen-bond donors (Lipinski definition) is 4. The quantitative estimate of drug-likeness (QED) is 0.451. The van der Waals surface area contributed by atoms with Crippen molar-refractivity contribution in [2.24, 2.45) is 0 Å². The normalized spacial score (nSPS) is 10.8. The van der Waals surface area contributed by atoms with Crippen LogP contribution in [0.25, 0.3) is 0 Å². The Labute approximate surface area is 107 Å². The Balaban J connectivity index is 2.13. The molecule has 0 aromatic heterocycles. The summed E-state index contributed by atoms with van der Waals surface area (Å²) in [4.78, 5) is 22.1. The minimum atomic E-state index is -0.721. The first-order valence-electron chi connectivity index (χ1n) is 5.51. The largest absolute Gasteiger partial charge is 0.394 e. The Bertz CT molecular complexity index is 677. The van der Waals surface area contributed by atoms with Gasteiger partial charge in [0, 0.05) is 18.7 Å². The van der Waals surface area contributed by atoms with Gasteiger partial charge in [-0.3, -0.25) is 9.59 Å². The van der Waals surface area contributed by atoms with Crippen LogP contribution < -0.4 is 27.4 Å². The summed E-state index contributed by atoms with van der Waals surface area (Å²) < 4.78 is 13.5. The fourth-order valence-corrected chi connectivity index (χ4v) is 1.73. The van der Waals surface area contributed by atoms with Gasteiger partial charge in [0.25, 0.3) is 10.9 Å². The zero-order valence-corrected chi connectivity index (χ0v) is 9.87. The van der Waals surface area contributed by atoms with Gasteiger partial charge in [-0.25, -0.2) is 9.87 Å². The van der Waals surface area contributed by atoms with Crippen molar-refractivity contribution in [3.63, 3.8) is 0 Å². The first-order valence-corrected chi connectivity index (χ1v) is 5.51. The van der Waals surface area contributed by atoms with E-state index < -0.39 is 16.7 Å². The van der Waals surface area contributed by atoms with E-state index in [1.165, 1.54) is 18.2 Å². The second-order valence-corrected chi connectivity index (χ2v) is 4.06. The van der Waals surface area contributed by atoms with Gasteiger partial charge in [-0.15, -0.1) is 0 Å². The van der Waals surface area contributed by atoms with E-state index in [9.17, 15) is 14.0 Å². The Morgan fingerprint density at radius 1 is 1.21 bits per heavy atom. The van der Waals surface area contributed by atoms with Gasteiger partial charge < -0.3 is 16.3 Å². The molecule has 0 fully saturated rings. The maximum atomic E-state index is 13.5. The topological polar surface area (TPSA) is 104 Å². The number of rotatable bonds is 5. The molecule has 0 atom stereocenters. The highest BCUT2D eigenvalue weighted by Gasteiger charge is 2.17. The molecule has 0 aliphatic rings. The van der Waals surface area contributed by atoms with Crippen LogP contribution in [0.3, 0.4) is 0 Å². The molecule has 19 heavy (non-hydrogen) atoms. The molecular formula is C12H12FN3O3. The van der Waals surface area contributed by atoms with E-state index in [1.807, 2.05) is 5.48 Å². The highest BCUT2D eigenvalue weighted by Crippen LogP contribution is 2.15. The number of benzene rings is 1. The summed E-state index contributed by atoms with van der Waals surface area (Å²) in [6, 6.07) is 4.32. The molecule has 0 aliphatic carbocycles. The molecule has 0 aliphatic heterocycles. The van der Waals surface area contributed by atoms with Crippen molar-refractivity contribution in [3.05, 3.63) is 55.6 Å². The van der Waals surface area contributed by atoms with E-state index in [0.29, 0.717) is 11.1 Å². The van der Waals surface area contributed by atoms with E-state index in [-0.39, 0.29) is 24.5 Å². The van der Waals surface area contributed by atoms with Crippen molar-refractivity contribution in [1.29, 1.82) is 0 Å². The molecule has 6 nitrogen and oxygen atoms in total. The van der Waals surface area contributed by atoms with E-state index in [0.717, 1.165) is 0 Å². The van der Waals surface area contributed by atoms with Crippen molar-refractivity contribution in [2.75, 3.05) is 11.1 Å². The number of nitrogens with two attached hydrogens (primary N) is 1. The van der Waals surface area contributed by atoms with Crippen molar-refractivity contribution in [3.8, 4) is 0 Å². The van der Waals surface area contributed by atoms with Crippen LogP contribution in [0.1, 0.15) is 11.1 Å². The third kappa shape index (κ3) is 2.47. The molecule has 2 aromatic rings. The number of hydroxylamine groups is 1. The second kappa shape index (κ2) is 5.17. The van der Waals surface area contributed by atoms with Gasteiger partial charge >= 0.3 is 0 Å². The van der Waals surface area contributed by atoms with Crippen molar-refractivity contribution in [2.45, 2.75) is 13.1 Å². The molecule has 100 valence electrons. The van der Waals surface area contributed by atoms with Crippen molar-refractivity contribution < 1.29 is 9.60 Å². The van der Waals surface area contributed by atoms with E-state index >= 15 is 0 Å². The Morgan fingerprint density at radius 3 is 2.58 bits per heavy atom. The van der Waals surface area contributed by atoms with Crippen molar-refractivity contribution >= 4 is 11.4 Å². The van der Waals surface area contributed by atoms with Crippen LogP contribution in [-0.2, 0) is 13.1 Å². The van der Waals surface area contributed by atoms with E-state index in [1.54, 1.807) is 0 Å². The molecule has 0 amide bonds. The smallest absolute Gasteiger partial charge is 0.253 e. The lowest BCUT2D eigenvalue weighted by Crippen LogP contribution is -2.37. The van der Waals surface area contributed by atoms with E-state index in [2.05, 4.69) is 5.32 Å². The lowest BCUT2D eigenvalue weighted by Gasteiger charge is -2.11. The molecule has 0 bridgehead atoms. The third-order valence-corrected chi connectivity index (χ3v) is 2.80. The molecule has 7 heteroatoms. The minimum Gasteiger partial charge on any atom is -0.394 e. The summed E-state index contributed by atoms with van der Waals surface area (Å²) in [6.45, 7) is 0.204. The summed E-state index contributed by atoms with van der Waals surface area (Å²) >= 11 is 0. The number of anilines is 2. The molecule has 5 N–H and O–H groups in total. The van der Waals surface area contributed by atoms with Gasteiger partial charge in [-0.1, -0.05) is 6.07 Å². The Kier molecular flexibility index (Phi) is 3.59. The van der Waals surface area contributed by atoms with Gasteiger partial charge in [-0.2, -0.15) is 0 Å². The molecule has 0 saturated heterocycles. The zero-order valence-electron chi connectivity index (χ0n) is 9.87. The summed E-state index contributed by atoms with van der Waals surface area (Å²) in [6.07, 6.45) is 0. The molecule has 0 radical (unpaired) electrons. The average molecular weight is 265 g/mol. The van der Waals surface area contributed by atoms with Crippen molar-refractivity contribution in [1.82, 2.24) is 5.48 Å². The fourth-order valence-electron chi connectivity index (χ4n) is 1.73. The van der Waals surface area contributed by atoms with Crippen LogP contribution in [0.2, 0.25) is 0 Å². The summed E-state index contributed by atoms with van der Waals surface area (Å²) in [5.74, 6) is -0.452. The summed E-state index contributed by atoms with van der Waals surface area (Å²) in [7, 11) is 0. The van der Waals surface area contributed by atoms with Gasteiger partial charge in [-0.05, 0) is 17.7 Å². The molecule has 2 rings (SSSR count). The SMILES string of the molecule is Nc1c(NCc2cc(CNO)ccc2F)c(=O)c1=O. The van der Waals surface area contributed by atoms with Crippen LogP contribution in [0, 0.1) is 5.82 Å². The van der Waals surface area contributed by atoms with E-state index in [4.69, 9.17) is 10.9 Å². The molecular weight excluding hydrogens is 253 g/mol. The molecule has 0 heterocycles. The monoisotopic (exact) mass is 265 g/mol. The van der Waals surface area contributed by atoms with Crippen LogP contribution in [0.5, 0.6) is 0 Å². The average Bonchev–Trinajstić information content (AvgIpc) is 2.42. The van der Waals surface area contributed by atoms with Crippen LogP contribution in [0.4, 0.5) is 15.8 Å². The summed E-state index contributed by atoms with van der Waals surface area (Å²) in [5, 5.41) is 11.2. The van der Waals surface area contributed by atoms with Gasteiger partial charge in [0.2, 0.25) is 0 Å². The maximum Gasteiger partial charge on any atom is 0.253 e. The maximum absolute atomic E-state index is 13.5. The zero-order chi connectivity index (χ0) is 14.0. The van der Waals surface area contributed by atoms with Gasteiger partial charge in [0.1, 0.15) is 17.2 Å². The minimum absolute atomic E-state index is 0.0232. The predicted octanol–water partition coefficient (Wildman–Crippen LogP) is 0.0948. The standard InChI is InChI=1S/C12H12FN3O3/c13-8-2-1-6(4-16-19)3-7(8)5-15-10-9(14)11(17)12(10)18/h1-3,15-16,19H,4-5,14H2. The van der Waals surface area contributed by atoms with Gasteiger partial charge in [0.15, 0.2) is 0 Å². The van der Waals surface area contributed by atoms with Crippen LogP contribution >= 0.6 is 0 Å². The number of hydrogen-bond acceptors (Lipinski definition) is 6. The van der Waals surface area contributed by atoms with Crippen LogP contribution in [-0.4, -0.2) is 5.21 Å². The molecule has 2 aromatic carbocycles. The number of halogens is 1. The van der Waals surface area contributed by atoms with Gasteiger partial charge in [0.05, 0.1) is 0 Å². The highest BCUT2D eigenvalue weighted by atomic mass is 19.1. The first kappa shape index (κ1) is 13.2. The summed E-state index contributed by atoms with van der Waals surface area (Å²) in [5.41, 5.74) is 6.79. The highest BCUT2D eigenvalue weighted by molar-refractivity contribution is 5.71. The lowest BCUT2D eigenvalue weighted by atomic mass is 10.1. The second-order valence-electron chi connectivity index (χ2n) is 4.06. The molecule has 0 saturated carbocycles. The Morgan fingerprint density at radius 2 is 1.95 bits per heavy atom. The number of nitrogen functional groups attached to an aromatic ring is 1. The first-order chi connectivity index (χ1) is 9.04. The lowest BCUT2D eigenvalue weighted by molar-refractivity contribution is 0.161. The fraction of sp³-hybridized carbons (Fsp3) is 0.167. The Hall–Kier alpha value is -2.25.